The van der Waals surface area contributed by atoms with Crippen molar-refractivity contribution in [2.24, 2.45) is 11.7 Å². The van der Waals surface area contributed by atoms with Crippen molar-refractivity contribution in [2.75, 3.05) is 26.2 Å². The van der Waals surface area contributed by atoms with E-state index in [9.17, 15) is 9.59 Å². The minimum absolute atomic E-state index is 0. The maximum atomic E-state index is 12.6. The Kier molecular flexibility index (Phi) is 8.79. The lowest BCUT2D eigenvalue weighted by Gasteiger charge is -2.32. The standard InChI is InChI=1S/C18H27N3O2.ClH/c1-2-4-14-6-8-15(9-7-14)18(23)21-12-3-5-16(13-21)17(22)20-11-10-19;/h6-9,16H,2-5,10-13,19H2,1H3,(H,20,22);1H. The highest BCUT2D eigenvalue weighted by Crippen LogP contribution is 2.19. The molecule has 0 aromatic heterocycles. The van der Waals surface area contributed by atoms with Crippen molar-refractivity contribution in [3.05, 3.63) is 35.4 Å². The van der Waals surface area contributed by atoms with Crippen molar-refractivity contribution in [2.45, 2.75) is 32.6 Å². The highest BCUT2D eigenvalue weighted by Gasteiger charge is 2.28. The summed E-state index contributed by atoms with van der Waals surface area (Å²) in [5.41, 5.74) is 7.37. The van der Waals surface area contributed by atoms with Gasteiger partial charge in [0.25, 0.3) is 5.91 Å². The lowest BCUT2D eigenvalue weighted by atomic mass is 9.96. The Balaban J connectivity index is 0.00000288. The number of aryl methyl sites for hydroxylation is 1. The highest BCUT2D eigenvalue weighted by atomic mass is 35.5. The first-order valence-corrected chi connectivity index (χ1v) is 8.51. The molecule has 5 nitrogen and oxygen atoms in total. The van der Waals surface area contributed by atoms with Crippen LogP contribution in [0.15, 0.2) is 24.3 Å². The van der Waals surface area contributed by atoms with Gasteiger partial charge in [0.05, 0.1) is 5.92 Å². The van der Waals surface area contributed by atoms with Crippen molar-refractivity contribution in [1.29, 1.82) is 0 Å². The minimum Gasteiger partial charge on any atom is -0.355 e. The van der Waals surface area contributed by atoms with Crippen LogP contribution in [0.25, 0.3) is 0 Å². The minimum atomic E-state index is -0.126. The van der Waals surface area contributed by atoms with E-state index in [1.807, 2.05) is 24.3 Å². The van der Waals surface area contributed by atoms with Gasteiger partial charge in [0.1, 0.15) is 0 Å². The molecular formula is C18H28ClN3O2. The molecule has 2 rings (SSSR count). The number of hydrogen-bond acceptors (Lipinski definition) is 3. The van der Waals surface area contributed by atoms with Crippen molar-refractivity contribution in [3.8, 4) is 0 Å². The lowest BCUT2D eigenvalue weighted by Crippen LogP contribution is -2.46. The molecule has 1 heterocycles. The predicted molar refractivity (Wildman–Crippen MR) is 98.4 cm³/mol. The van der Waals surface area contributed by atoms with Gasteiger partial charge in [-0.25, -0.2) is 0 Å². The fourth-order valence-electron chi connectivity index (χ4n) is 3.00. The fraction of sp³-hybridized carbons (Fsp3) is 0.556. The van der Waals surface area contributed by atoms with E-state index in [1.54, 1.807) is 4.90 Å². The Morgan fingerprint density at radius 1 is 1.29 bits per heavy atom. The first kappa shape index (κ1) is 20.5. The molecule has 0 spiro atoms. The molecule has 1 aliphatic rings. The number of carbonyl (C=O) groups excluding carboxylic acids is 2. The smallest absolute Gasteiger partial charge is 0.253 e. The van der Waals surface area contributed by atoms with Gasteiger partial charge in [-0.3, -0.25) is 9.59 Å². The molecule has 1 aromatic rings. The average molecular weight is 354 g/mol. The topological polar surface area (TPSA) is 75.4 Å². The molecule has 1 aliphatic heterocycles. The second-order valence-electron chi connectivity index (χ2n) is 6.12. The molecule has 3 N–H and O–H groups in total. The van der Waals surface area contributed by atoms with E-state index in [1.165, 1.54) is 5.56 Å². The molecule has 0 bridgehead atoms. The van der Waals surface area contributed by atoms with Crippen LogP contribution in [0.2, 0.25) is 0 Å². The van der Waals surface area contributed by atoms with Gasteiger partial charge in [-0.05, 0) is 37.0 Å². The zero-order valence-corrected chi connectivity index (χ0v) is 15.1. The van der Waals surface area contributed by atoms with E-state index in [0.717, 1.165) is 32.2 Å². The maximum Gasteiger partial charge on any atom is 0.253 e. The highest BCUT2D eigenvalue weighted by molar-refractivity contribution is 5.94. The van der Waals surface area contributed by atoms with E-state index in [2.05, 4.69) is 12.2 Å². The number of nitrogens with one attached hydrogen (secondary N) is 1. The Hall–Kier alpha value is -1.59. The quantitative estimate of drug-likeness (QED) is 0.821. The van der Waals surface area contributed by atoms with Gasteiger partial charge in [0.15, 0.2) is 0 Å². The van der Waals surface area contributed by atoms with Crippen LogP contribution in [0, 0.1) is 5.92 Å². The van der Waals surface area contributed by atoms with E-state index in [4.69, 9.17) is 5.73 Å². The molecule has 0 radical (unpaired) electrons. The molecule has 1 aromatic carbocycles. The molecule has 0 aliphatic carbocycles. The summed E-state index contributed by atoms with van der Waals surface area (Å²) in [6, 6.07) is 7.83. The molecule has 6 heteroatoms. The van der Waals surface area contributed by atoms with Crippen LogP contribution in [-0.2, 0) is 11.2 Å². The SMILES string of the molecule is CCCc1ccc(C(=O)N2CCCC(C(=O)NCCN)C2)cc1.Cl. The van der Waals surface area contributed by atoms with Gasteiger partial charge in [0.2, 0.25) is 5.91 Å². The van der Waals surface area contributed by atoms with Crippen molar-refractivity contribution >= 4 is 24.2 Å². The third-order valence-corrected chi connectivity index (χ3v) is 4.26. The number of benzene rings is 1. The number of nitrogens with two attached hydrogens (primary N) is 1. The average Bonchev–Trinajstić information content (AvgIpc) is 2.60. The zero-order chi connectivity index (χ0) is 16.7. The summed E-state index contributed by atoms with van der Waals surface area (Å²) >= 11 is 0. The van der Waals surface area contributed by atoms with Crippen LogP contribution in [0.1, 0.15) is 42.1 Å². The van der Waals surface area contributed by atoms with Gasteiger partial charge >= 0.3 is 0 Å². The Labute approximate surface area is 150 Å². The fourth-order valence-corrected chi connectivity index (χ4v) is 3.00. The van der Waals surface area contributed by atoms with Crippen LogP contribution < -0.4 is 11.1 Å². The van der Waals surface area contributed by atoms with Crippen molar-refractivity contribution in [3.63, 3.8) is 0 Å². The van der Waals surface area contributed by atoms with Gasteiger partial charge in [-0.15, -0.1) is 12.4 Å². The van der Waals surface area contributed by atoms with Gasteiger partial charge in [-0.1, -0.05) is 25.5 Å². The summed E-state index contributed by atoms with van der Waals surface area (Å²) in [7, 11) is 0. The molecule has 1 fully saturated rings. The molecule has 1 saturated heterocycles. The number of amides is 2. The number of nitrogens with zero attached hydrogens (tertiary/aromatic N) is 1. The van der Waals surface area contributed by atoms with Crippen molar-refractivity contribution < 1.29 is 9.59 Å². The summed E-state index contributed by atoms with van der Waals surface area (Å²) in [5.74, 6) is -0.103. The van der Waals surface area contributed by atoms with E-state index in [0.29, 0.717) is 25.2 Å². The summed E-state index contributed by atoms with van der Waals surface area (Å²) in [6.07, 6.45) is 3.82. The Morgan fingerprint density at radius 3 is 2.62 bits per heavy atom. The molecule has 1 unspecified atom stereocenters. The number of carbonyl (C=O) groups is 2. The Bertz CT molecular complexity index is 534. The van der Waals surface area contributed by atoms with Crippen LogP contribution in [0.4, 0.5) is 0 Å². The lowest BCUT2D eigenvalue weighted by molar-refractivity contribution is -0.126. The zero-order valence-electron chi connectivity index (χ0n) is 14.3. The predicted octanol–water partition coefficient (Wildman–Crippen LogP) is 1.99. The molecule has 0 saturated carbocycles. The summed E-state index contributed by atoms with van der Waals surface area (Å²) in [4.78, 5) is 26.5. The summed E-state index contributed by atoms with van der Waals surface area (Å²) in [6.45, 7) is 4.28. The van der Waals surface area contributed by atoms with Gasteiger partial charge in [-0.2, -0.15) is 0 Å². The monoisotopic (exact) mass is 353 g/mol. The third-order valence-electron chi connectivity index (χ3n) is 4.26. The number of halogens is 1. The van der Waals surface area contributed by atoms with Crippen LogP contribution in [0.3, 0.4) is 0 Å². The van der Waals surface area contributed by atoms with E-state index >= 15 is 0 Å². The number of likely N-dealkylation sites (tertiary alicyclic amines) is 1. The summed E-state index contributed by atoms with van der Waals surface area (Å²) < 4.78 is 0. The second kappa shape index (κ2) is 10.3. The summed E-state index contributed by atoms with van der Waals surface area (Å²) in [5, 5.41) is 2.82. The maximum absolute atomic E-state index is 12.6. The van der Waals surface area contributed by atoms with Gasteiger partial charge in [0, 0.05) is 31.7 Å². The third kappa shape index (κ3) is 5.49. The molecule has 2 amide bonds. The molecule has 134 valence electrons. The van der Waals surface area contributed by atoms with Crippen LogP contribution in [-0.4, -0.2) is 42.9 Å². The first-order valence-electron chi connectivity index (χ1n) is 8.51. The molecule has 1 atom stereocenters. The Morgan fingerprint density at radius 2 is 2.00 bits per heavy atom. The van der Waals surface area contributed by atoms with E-state index in [-0.39, 0.29) is 30.1 Å². The number of rotatable bonds is 6. The largest absolute Gasteiger partial charge is 0.355 e. The molecular weight excluding hydrogens is 326 g/mol. The van der Waals surface area contributed by atoms with Crippen LogP contribution in [0.5, 0.6) is 0 Å². The first-order chi connectivity index (χ1) is 11.2. The van der Waals surface area contributed by atoms with Gasteiger partial charge < -0.3 is 16.0 Å². The van der Waals surface area contributed by atoms with Crippen LogP contribution >= 0.6 is 12.4 Å². The van der Waals surface area contributed by atoms with E-state index < -0.39 is 0 Å². The number of piperidine rings is 1. The van der Waals surface area contributed by atoms with Crippen molar-refractivity contribution in [1.82, 2.24) is 10.2 Å². The normalized spacial score (nSPS) is 17.1. The molecule has 24 heavy (non-hydrogen) atoms. The number of hydrogen-bond donors (Lipinski definition) is 2. The second-order valence-corrected chi connectivity index (χ2v) is 6.12.